The van der Waals surface area contributed by atoms with E-state index in [0.717, 1.165) is 48.2 Å². The molecule has 0 N–H and O–H groups in total. The first-order chi connectivity index (χ1) is 12.8. The van der Waals surface area contributed by atoms with Crippen LogP contribution < -0.4 is 4.74 Å². The minimum absolute atomic E-state index is 0. The Morgan fingerprint density at radius 3 is 2.63 bits per heavy atom. The van der Waals surface area contributed by atoms with Crippen molar-refractivity contribution < 1.29 is 4.74 Å². The van der Waals surface area contributed by atoms with Crippen molar-refractivity contribution in [2.24, 2.45) is 0 Å². The van der Waals surface area contributed by atoms with Gasteiger partial charge in [-0.1, -0.05) is 6.07 Å². The van der Waals surface area contributed by atoms with Crippen molar-refractivity contribution in [1.29, 1.82) is 5.26 Å². The van der Waals surface area contributed by atoms with Gasteiger partial charge in [0.25, 0.3) is 0 Å². The molecule has 0 aliphatic heterocycles. The number of halogens is 1. The van der Waals surface area contributed by atoms with Crippen LogP contribution in [0.1, 0.15) is 35.6 Å². The van der Waals surface area contributed by atoms with Crippen LogP contribution in [0, 0.1) is 11.3 Å². The van der Waals surface area contributed by atoms with Crippen LogP contribution in [0.25, 0.3) is 11.1 Å². The number of nitriles is 1. The summed E-state index contributed by atoms with van der Waals surface area (Å²) in [5, 5.41) is 8.90. The number of hydrogen-bond donors (Lipinski definition) is 0. The van der Waals surface area contributed by atoms with Gasteiger partial charge in [-0.3, -0.25) is 4.98 Å². The highest BCUT2D eigenvalue weighted by atomic mass is 35.5. The highest BCUT2D eigenvalue weighted by Crippen LogP contribution is 2.33. The fourth-order valence-electron chi connectivity index (χ4n) is 3.17. The number of pyridine rings is 2. The molecule has 1 aliphatic rings. The van der Waals surface area contributed by atoms with Crippen LogP contribution in [0.4, 0.5) is 0 Å². The third-order valence-electron chi connectivity index (χ3n) is 4.43. The summed E-state index contributed by atoms with van der Waals surface area (Å²) in [7, 11) is 0. The summed E-state index contributed by atoms with van der Waals surface area (Å²) in [5.74, 6) is 0.749. The van der Waals surface area contributed by atoms with E-state index in [2.05, 4.69) is 15.0 Å². The van der Waals surface area contributed by atoms with Gasteiger partial charge < -0.3 is 4.74 Å². The van der Waals surface area contributed by atoms with Gasteiger partial charge in [0, 0.05) is 35.9 Å². The largest absolute Gasteiger partial charge is 0.471 e. The molecule has 0 spiro atoms. The second-order valence-corrected chi connectivity index (χ2v) is 6.16. The molecule has 0 saturated heterocycles. The Morgan fingerprint density at radius 1 is 1.07 bits per heavy atom. The standard InChI is InChI=1S/C20H17N5O.ClH/c21-10-19-23-11-14(12-24-19)17-9-20(25-18-7-2-1-6-16(17)18)26-13-15-5-3-4-8-22-15;/h3-5,8-9,11-12H,1-2,6-7,13H2;1H. The second kappa shape index (κ2) is 8.56. The molecule has 0 atom stereocenters. The molecule has 136 valence electrons. The summed E-state index contributed by atoms with van der Waals surface area (Å²) in [6.45, 7) is 0.371. The van der Waals surface area contributed by atoms with Gasteiger partial charge in [-0.05, 0) is 48.9 Å². The highest BCUT2D eigenvalue weighted by molar-refractivity contribution is 5.85. The molecule has 0 aromatic carbocycles. The Morgan fingerprint density at radius 2 is 1.89 bits per heavy atom. The lowest BCUT2D eigenvalue weighted by atomic mass is 9.90. The molecular weight excluding hydrogens is 362 g/mol. The zero-order valence-corrected chi connectivity index (χ0v) is 15.4. The zero-order valence-electron chi connectivity index (χ0n) is 14.6. The maximum absolute atomic E-state index is 8.90. The van der Waals surface area contributed by atoms with Gasteiger partial charge in [-0.2, -0.15) is 5.26 Å². The second-order valence-electron chi connectivity index (χ2n) is 6.16. The Bertz CT molecular complexity index is 955. The van der Waals surface area contributed by atoms with E-state index < -0.39 is 0 Å². The van der Waals surface area contributed by atoms with Gasteiger partial charge in [0.15, 0.2) is 0 Å². The van der Waals surface area contributed by atoms with Gasteiger partial charge in [-0.25, -0.2) is 15.0 Å². The van der Waals surface area contributed by atoms with E-state index in [1.165, 1.54) is 5.56 Å². The number of nitrogens with zero attached hydrogens (tertiary/aromatic N) is 5. The van der Waals surface area contributed by atoms with Crippen LogP contribution in [0.15, 0.2) is 42.9 Å². The fraction of sp³-hybridized carbons (Fsp3) is 0.250. The molecule has 27 heavy (non-hydrogen) atoms. The summed E-state index contributed by atoms with van der Waals surface area (Å²) < 4.78 is 5.90. The lowest BCUT2D eigenvalue weighted by Crippen LogP contribution is -2.09. The minimum atomic E-state index is 0. The van der Waals surface area contributed by atoms with Crippen molar-refractivity contribution >= 4 is 12.4 Å². The predicted molar refractivity (Wildman–Crippen MR) is 102 cm³/mol. The Labute approximate surface area is 163 Å². The van der Waals surface area contributed by atoms with Gasteiger partial charge in [0.1, 0.15) is 12.7 Å². The number of ether oxygens (including phenoxy) is 1. The first kappa shape index (κ1) is 18.7. The lowest BCUT2D eigenvalue weighted by Gasteiger charge is -2.20. The molecule has 6 nitrogen and oxygen atoms in total. The van der Waals surface area contributed by atoms with E-state index in [0.29, 0.717) is 12.5 Å². The summed E-state index contributed by atoms with van der Waals surface area (Å²) in [4.78, 5) is 17.2. The summed E-state index contributed by atoms with van der Waals surface area (Å²) in [6, 6.07) is 9.63. The molecule has 0 amide bonds. The number of rotatable bonds is 4. The molecule has 3 aromatic heterocycles. The Balaban J connectivity index is 0.00000210. The number of hydrogen-bond acceptors (Lipinski definition) is 6. The van der Waals surface area contributed by atoms with Gasteiger partial charge in [-0.15, -0.1) is 12.4 Å². The van der Waals surface area contributed by atoms with E-state index >= 15 is 0 Å². The molecular formula is C20H18ClN5O. The van der Waals surface area contributed by atoms with Crippen molar-refractivity contribution in [3.8, 4) is 23.1 Å². The predicted octanol–water partition coefficient (Wildman–Crippen LogP) is 3.68. The van der Waals surface area contributed by atoms with Crippen molar-refractivity contribution in [2.45, 2.75) is 32.3 Å². The topological polar surface area (TPSA) is 84.6 Å². The quantitative estimate of drug-likeness (QED) is 0.687. The average molecular weight is 380 g/mol. The zero-order chi connectivity index (χ0) is 17.8. The molecule has 0 saturated carbocycles. The van der Waals surface area contributed by atoms with Crippen LogP contribution in [-0.4, -0.2) is 19.9 Å². The van der Waals surface area contributed by atoms with Gasteiger partial charge in [0.05, 0.1) is 5.69 Å². The van der Waals surface area contributed by atoms with Crippen molar-refractivity contribution in [3.05, 3.63) is 65.6 Å². The van der Waals surface area contributed by atoms with E-state index in [-0.39, 0.29) is 18.2 Å². The molecule has 3 heterocycles. The van der Waals surface area contributed by atoms with Crippen LogP contribution in [0.2, 0.25) is 0 Å². The molecule has 7 heteroatoms. The smallest absolute Gasteiger partial charge is 0.232 e. The third-order valence-corrected chi connectivity index (χ3v) is 4.43. The molecule has 3 aromatic rings. The highest BCUT2D eigenvalue weighted by Gasteiger charge is 2.18. The van der Waals surface area contributed by atoms with Crippen LogP contribution in [-0.2, 0) is 19.4 Å². The molecule has 0 unspecified atom stereocenters. The molecule has 4 rings (SSSR count). The third kappa shape index (κ3) is 4.21. The lowest BCUT2D eigenvalue weighted by molar-refractivity contribution is 0.288. The summed E-state index contributed by atoms with van der Waals surface area (Å²) >= 11 is 0. The summed E-state index contributed by atoms with van der Waals surface area (Å²) in [6.07, 6.45) is 9.34. The van der Waals surface area contributed by atoms with E-state index in [1.807, 2.05) is 30.3 Å². The SMILES string of the molecule is Cl.N#Cc1ncc(-c2cc(OCc3ccccn3)nc3c2CCCC3)cn1. The Kier molecular flexibility index (Phi) is 5.94. The summed E-state index contributed by atoms with van der Waals surface area (Å²) in [5.41, 5.74) is 5.08. The normalized spacial score (nSPS) is 12.4. The van der Waals surface area contributed by atoms with E-state index in [9.17, 15) is 0 Å². The minimum Gasteiger partial charge on any atom is -0.471 e. The van der Waals surface area contributed by atoms with Gasteiger partial charge >= 0.3 is 0 Å². The van der Waals surface area contributed by atoms with Gasteiger partial charge in [0.2, 0.25) is 11.7 Å². The molecule has 0 bridgehead atoms. The molecule has 0 fully saturated rings. The molecule has 1 aliphatic carbocycles. The van der Waals surface area contributed by atoms with Crippen molar-refractivity contribution in [1.82, 2.24) is 19.9 Å². The fourth-order valence-corrected chi connectivity index (χ4v) is 3.17. The monoisotopic (exact) mass is 379 g/mol. The maximum Gasteiger partial charge on any atom is 0.232 e. The average Bonchev–Trinajstić information content (AvgIpc) is 2.72. The maximum atomic E-state index is 8.90. The van der Waals surface area contributed by atoms with Crippen molar-refractivity contribution in [3.63, 3.8) is 0 Å². The number of fused-ring (bicyclic) bond motifs is 1. The Hall–Kier alpha value is -3.04. The number of aryl methyl sites for hydroxylation is 1. The van der Waals surface area contributed by atoms with Crippen LogP contribution in [0.5, 0.6) is 5.88 Å². The van der Waals surface area contributed by atoms with E-state index in [1.54, 1.807) is 18.6 Å². The number of aromatic nitrogens is 4. The first-order valence-electron chi connectivity index (χ1n) is 8.61. The first-order valence-corrected chi connectivity index (χ1v) is 8.61. The van der Waals surface area contributed by atoms with Crippen molar-refractivity contribution in [2.75, 3.05) is 0 Å². The van der Waals surface area contributed by atoms with E-state index in [4.69, 9.17) is 15.0 Å². The van der Waals surface area contributed by atoms with Crippen LogP contribution in [0.3, 0.4) is 0 Å². The van der Waals surface area contributed by atoms with Crippen LogP contribution >= 0.6 is 12.4 Å². The molecule has 0 radical (unpaired) electrons.